The topological polar surface area (TPSA) is 72.4 Å². The number of fused-ring (bicyclic) bond motifs is 3. The summed E-state index contributed by atoms with van der Waals surface area (Å²) in [5.41, 5.74) is 2.88. The van der Waals surface area contributed by atoms with Crippen molar-refractivity contribution in [2.24, 2.45) is 0 Å². The third-order valence-corrected chi connectivity index (χ3v) is 5.07. The van der Waals surface area contributed by atoms with Crippen LogP contribution in [0.3, 0.4) is 0 Å². The van der Waals surface area contributed by atoms with Crippen molar-refractivity contribution in [1.29, 1.82) is 0 Å². The van der Waals surface area contributed by atoms with E-state index in [1.807, 2.05) is 30.3 Å². The highest BCUT2D eigenvalue weighted by Crippen LogP contribution is 2.30. The van der Waals surface area contributed by atoms with Crippen LogP contribution < -0.4 is 10.6 Å². The number of carbonyl (C=O) groups is 2. The molecule has 3 aromatic rings. The first-order chi connectivity index (χ1) is 13.2. The number of hydrogen-bond acceptors (Lipinski definition) is 3. The summed E-state index contributed by atoms with van der Waals surface area (Å²) in [5, 5.41) is 7.54. The van der Waals surface area contributed by atoms with Gasteiger partial charge in [-0.1, -0.05) is 18.2 Å². The maximum absolute atomic E-state index is 12.2. The van der Waals surface area contributed by atoms with Gasteiger partial charge in [0.15, 0.2) is 0 Å². The number of hydrogen-bond donors (Lipinski definition) is 2. The number of carbonyl (C=O) groups excluding carboxylic acids is 2. The van der Waals surface area contributed by atoms with Crippen LogP contribution in [0, 0.1) is 0 Å². The van der Waals surface area contributed by atoms with Gasteiger partial charge in [-0.05, 0) is 44.0 Å². The lowest BCUT2D eigenvalue weighted by molar-refractivity contribution is -0.136. The largest absolute Gasteiger partial charge is 0.376 e. The van der Waals surface area contributed by atoms with Crippen LogP contribution in [-0.2, 0) is 20.9 Å². The van der Waals surface area contributed by atoms with Gasteiger partial charge >= 0.3 is 11.8 Å². The van der Waals surface area contributed by atoms with Crippen molar-refractivity contribution in [2.75, 3.05) is 18.5 Å². The number of benzene rings is 2. The fourth-order valence-corrected chi connectivity index (χ4v) is 3.75. The number of rotatable bonds is 4. The van der Waals surface area contributed by atoms with E-state index in [0.717, 1.165) is 47.8 Å². The molecule has 0 spiro atoms. The molecule has 2 amide bonds. The molecule has 4 rings (SSSR count). The van der Waals surface area contributed by atoms with Crippen molar-refractivity contribution in [3.63, 3.8) is 0 Å². The Bertz CT molecular complexity index is 1000. The Balaban J connectivity index is 1.52. The molecule has 0 unspecified atom stereocenters. The second-order valence-electron chi connectivity index (χ2n) is 6.79. The van der Waals surface area contributed by atoms with Crippen LogP contribution >= 0.6 is 0 Å². The third-order valence-electron chi connectivity index (χ3n) is 5.07. The molecule has 2 aromatic carbocycles. The Labute approximate surface area is 157 Å². The second kappa shape index (κ2) is 7.40. The van der Waals surface area contributed by atoms with Gasteiger partial charge in [-0.2, -0.15) is 0 Å². The van der Waals surface area contributed by atoms with E-state index in [1.165, 1.54) is 0 Å². The van der Waals surface area contributed by atoms with E-state index in [-0.39, 0.29) is 6.10 Å². The van der Waals surface area contributed by atoms with Gasteiger partial charge in [-0.3, -0.25) is 9.59 Å². The standard InChI is InChI=1S/C21H23N3O3/c1-2-24-18-8-4-3-7-16(18)17-12-14(9-10-19(17)24)23-21(26)20(25)22-13-15-6-5-11-27-15/h3-4,7-10,12,15H,2,5-6,11,13H2,1H3,(H,22,25)(H,23,26)/t15-/m1/s1. The summed E-state index contributed by atoms with van der Waals surface area (Å²) in [6, 6.07) is 13.9. The molecule has 0 radical (unpaired) electrons. The highest BCUT2D eigenvalue weighted by atomic mass is 16.5. The second-order valence-corrected chi connectivity index (χ2v) is 6.79. The summed E-state index contributed by atoms with van der Waals surface area (Å²) in [7, 11) is 0. The first-order valence-electron chi connectivity index (χ1n) is 9.39. The summed E-state index contributed by atoms with van der Waals surface area (Å²) in [6.07, 6.45) is 1.93. The molecule has 2 heterocycles. The lowest BCUT2D eigenvalue weighted by atomic mass is 10.1. The minimum Gasteiger partial charge on any atom is -0.376 e. The summed E-state index contributed by atoms with van der Waals surface area (Å²) in [4.78, 5) is 24.3. The molecule has 6 heteroatoms. The zero-order valence-corrected chi connectivity index (χ0v) is 15.3. The molecule has 1 atom stereocenters. The van der Waals surface area contributed by atoms with Crippen LogP contribution in [-0.4, -0.2) is 35.6 Å². The molecule has 1 aromatic heterocycles. The average Bonchev–Trinajstić information content (AvgIpc) is 3.31. The Morgan fingerprint density at radius 1 is 1.11 bits per heavy atom. The van der Waals surface area contributed by atoms with E-state index in [4.69, 9.17) is 4.74 Å². The van der Waals surface area contributed by atoms with E-state index in [2.05, 4.69) is 34.3 Å². The molecule has 0 bridgehead atoms. The number of nitrogens with one attached hydrogen (secondary N) is 2. The molecule has 1 aliphatic rings. The van der Waals surface area contributed by atoms with Gasteiger partial charge in [-0.25, -0.2) is 0 Å². The molecule has 140 valence electrons. The first kappa shape index (κ1) is 17.5. The van der Waals surface area contributed by atoms with Crippen molar-refractivity contribution >= 4 is 39.3 Å². The summed E-state index contributed by atoms with van der Waals surface area (Å²) in [6.45, 7) is 4.06. The summed E-state index contributed by atoms with van der Waals surface area (Å²) < 4.78 is 7.70. The van der Waals surface area contributed by atoms with Crippen molar-refractivity contribution in [1.82, 2.24) is 9.88 Å². The number of nitrogens with zero attached hydrogens (tertiary/aromatic N) is 1. The molecule has 1 saturated heterocycles. The minimum atomic E-state index is -0.661. The Kier molecular flexibility index (Phi) is 4.81. The first-order valence-corrected chi connectivity index (χ1v) is 9.39. The van der Waals surface area contributed by atoms with Gasteiger partial charge in [0.2, 0.25) is 0 Å². The van der Waals surface area contributed by atoms with Crippen LogP contribution in [0.2, 0.25) is 0 Å². The Morgan fingerprint density at radius 2 is 1.93 bits per heavy atom. The lowest BCUT2D eigenvalue weighted by Crippen LogP contribution is -2.39. The summed E-state index contributed by atoms with van der Waals surface area (Å²) >= 11 is 0. The zero-order valence-electron chi connectivity index (χ0n) is 15.3. The summed E-state index contributed by atoms with van der Waals surface area (Å²) in [5.74, 6) is -1.30. The highest BCUT2D eigenvalue weighted by Gasteiger charge is 2.19. The molecular weight excluding hydrogens is 342 g/mol. The molecule has 27 heavy (non-hydrogen) atoms. The molecule has 1 fully saturated rings. The maximum Gasteiger partial charge on any atom is 0.313 e. The van der Waals surface area contributed by atoms with Gasteiger partial charge in [-0.15, -0.1) is 0 Å². The van der Waals surface area contributed by atoms with E-state index < -0.39 is 11.8 Å². The van der Waals surface area contributed by atoms with E-state index >= 15 is 0 Å². The fourth-order valence-electron chi connectivity index (χ4n) is 3.75. The Morgan fingerprint density at radius 3 is 2.70 bits per heavy atom. The number of aromatic nitrogens is 1. The number of ether oxygens (including phenoxy) is 1. The van der Waals surface area contributed by atoms with Crippen molar-refractivity contribution in [3.05, 3.63) is 42.5 Å². The van der Waals surface area contributed by atoms with E-state index in [1.54, 1.807) is 0 Å². The molecular formula is C21H23N3O3. The maximum atomic E-state index is 12.2. The van der Waals surface area contributed by atoms with Crippen LogP contribution in [0.1, 0.15) is 19.8 Å². The molecule has 6 nitrogen and oxygen atoms in total. The van der Waals surface area contributed by atoms with Crippen LogP contribution in [0.4, 0.5) is 5.69 Å². The average molecular weight is 365 g/mol. The van der Waals surface area contributed by atoms with Crippen LogP contribution in [0.25, 0.3) is 21.8 Å². The fraction of sp³-hybridized carbons (Fsp3) is 0.333. The predicted octanol–water partition coefficient (Wildman–Crippen LogP) is 3.05. The normalized spacial score (nSPS) is 16.7. The third kappa shape index (κ3) is 3.40. The van der Waals surface area contributed by atoms with E-state index in [9.17, 15) is 9.59 Å². The smallest absolute Gasteiger partial charge is 0.313 e. The van der Waals surface area contributed by atoms with Crippen LogP contribution in [0.15, 0.2) is 42.5 Å². The molecule has 2 N–H and O–H groups in total. The number of aryl methyl sites for hydroxylation is 1. The van der Waals surface area contributed by atoms with Crippen molar-refractivity contribution in [2.45, 2.75) is 32.4 Å². The van der Waals surface area contributed by atoms with Gasteiger partial charge in [0.05, 0.1) is 6.10 Å². The minimum absolute atomic E-state index is 0.0123. The lowest BCUT2D eigenvalue weighted by Gasteiger charge is -2.11. The zero-order chi connectivity index (χ0) is 18.8. The molecule has 0 aliphatic carbocycles. The number of para-hydroxylation sites is 1. The van der Waals surface area contributed by atoms with Gasteiger partial charge < -0.3 is 19.9 Å². The van der Waals surface area contributed by atoms with Gasteiger partial charge in [0, 0.05) is 47.2 Å². The SMILES string of the molecule is CCn1c2ccccc2c2cc(NC(=O)C(=O)NC[C@H]3CCCO3)ccc21. The van der Waals surface area contributed by atoms with E-state index in [0.29, 0.717) is 12.2 Å². The van der Waals surface area contributed by atoms with Crippen molar-refractivity contribution in [3.8, 4) is 0 Å². The Hall–Kier alpha value is -2.86. The van der Waals surface area contributed by atoms with Gasteiger partial charge in [0.25, 0.3) is 0 Å². The van der Waals surface area contributed by atoms with Crippen molar-refractivity contribution < 1.29 is 14.3 Å². The van der Waals surface area contributed by atoms with Crippen LogP contribution in [0.5, 0.6) is 0 Å². The predicted molar refractivity (Wildman–Crippen MR) is 106 cm³/mol. The highest BCUT2D eigenvalue weighted by molar-refractivity contribution is 6.39. The number of anilines is 1. The number of amides is 2. The molecule has 0 saturated carbocycles. The molecule has 1 aliphatic heterocycles. The quantitative estimate of drug-likeness (QED) is 0.698. The monoisotopic (exact) mass is 365 g/mol. The van der Waals surface area contributed by atoms with Gasteiger partial charge in [0.1, 0.15) is 0 Å².